The number of halogens is 3. The van der Waals surface area contributed by atoms with Crippen molar-refractivity contribution in [3.8, 4) is 5.69 Å². The van der Waals surface area contributed by atoms with Gasteiger partial charge < -0.3 is 4.90 Å². The summed E-state index contributed by atoms with van der Waals surface area (Å²) in [6, 6.07) is 16.8. The monoisotopic (exact) mass is 623 g/mol. The second-order valence-corrected chi connectivity index (χ2v) is 11.4. The molecule has 3 aromatic carbocycles. The lowest BCUT2D eigenvalue weighted by Gasteiger charge is -2.38. The van der Waals surface area contributed by atoms with Gasteiger partial charge in [-0.25, -0.2) is 13.5 Å². The Morgan fingerprint density at radius 3 is 2.23 bits per heavy atom. The zero-order valence-corrected chi connectivity index (χ0v) is 25.1. The van der Waals surface area contributed by atoms with Crippen molar-refractivity contribution in [2.45, 2.75) is 38.8 Å². The van der Waals surface area contributed by atoms with Gasteiger partial charge in [0.1, 0.15) is 17.2 Å². The molecule has 4 aromatic rings. The number of carbonyl (C=O) groups is 1. The first-order chi connectivity index (χ1) is 21.0. The summed E-state index contributed by atoms with van der Waals surface area (Å²) in [6.07, 6.45) is 1.81. The van der Waals surface area contributed by atoms with Crippen LogP contribution in [0.15, 0.2) is 71.5 Å². The molecule has 1 aromatic heterocycles. The molecule has 9 nitrogen and oxygen atoms in total. The Morgan fingerprint density at radius 1 is 1.02 bits per heavy atom. The summed E-state index contributed by atoms with van der Waals surface area (Å²) in [4.78, 5) is 41.1. The van der Waals surface area contributed by atoms with Crippen LogP contribution in [0.2, 0.25) is 5.02 Å². The van der Waals surface area contributed by atoms with Gasteiger partial charge in [0.05, 0.1) is 16.2 Å². The van der Waals surface area contributed by atoms with Crippen molar-refractivity contribution in [3.63, 3.8) is 0 Å². The third kappa shape index (κ3) is 6.44. The number of hydrogen-bond donors (Lipinski definition) is 0. The zero-order chi connectivity index (χ0) is 31.5. The van der Waals surface area contributed by atoms with Crippen LogP contribution < -0.4 is 5.56 Å². The molecule has 0 spiro atoms. The fraction of sp³-hybridized carbons (Fsp3) is 0.312. The van der Waals surface area contributed by atoms with Gasteiger partial charge in [-0.1, -0.05) is 29.8 Å². The third-order valence-electron chi connectivity index (χ3n) is 8.38. The van der Waals surface area contributed by atoms with Crippen LogP contribution in [0, 0.1) is 28.7 Å². The smallest absolute Gasteiger partial charge is 0.276 e. The lowest BCUT2D eigenvalue weighted by molar-refractivity contribution is -0.384. The van der Waals surface area contributed by atoms with Crippen molar-refractivity contribution >= 4 is 23.2 Å². The molecule has 0 bridgehead atoms. The van der Waals surface area contributed by atoms with Gasteiger partial charge in [-0.2, -0.15) is 0 Å². The van der Waals surface area contributed by atoms with E-state index in [1.165, 1.54) is 27.8 Å². The van der Waals surface area contributed by atoms with Gasteiger partial charge in [0.25, 0.3) is 17.2 Å². The summed E-state index contributed by atoms with van der Waals surface area (Å²) in [7, 11) is 1.77. The normalized spacial score (nSPS) is 13.9. The molecule has 0 N–H and O–H groups in total. The zero-order valence-electron chi connectivity index (χ0n) is 24.4. The standard InChI is InChI=1S/C32H32ClF2N5O4/c1-21-27(31(41)39(36(21)2)25-10-12-26(13-11-25)40(43)44)20-38(17-14-22-6-8-23(33)9-7-22)24-15-18-37(19-16-24)32(42)30-28(34)4-3-5-29(30)35/h3-13,24H,14-20H2,1-2H3. The first-order valence-corrected chi connectivity index (χ1v) is 14.7. The number of nitro groups is 1. The molecule has 1 amide bonds. The quantitative estimate of drug-likeness (QED) is 0.177. The molecule has 12 heteroatoms. The Hall–Kier alpha value is -4.35. The second kappa shape index (κ2) is 13.1. The molecule has 44 heavy (non-hydrogen) atoms. The van der Waals surface area contributed by atoms with E-state index in [1.807, 2.05) is 31.2 Å². The van der Waals surface area contributed by atoms with E-state index in [9.17, 15) is 28.5 Å². The number of piperidine rings is 1. The Kier molecular flexibility index (Phi) is 9.26. The molecule has 230 valence electrons. The molecule has 1 saturated heterocycles. The van der Waals surface area contributed by atoms with Gasteiger partial charge in [0, 0.05) is 62.1 Å². The predicted molar refractivity (Wildman–Crippen MR) is 163 cm³/mol. The highest BCUT2D eigenvalue weighted by Crippen LogP contribution is 2.24. The van der Waals surface area contributed by atoms with E-state index in [4.69, 9.17) is 11.6 Å². The second-order valence-electron chi connectivity index (χ2n) is 10.9. The number of likely N-dealkylation sites (tertiary alicyclic amines) is 1. The van der Waals surface area contributed by atoms with E-state index in [2.05, 4.69) is 4.90 Å². The largest absolute Gasteiger partial charge is 0.338 e. The van der Waals surface area contributed by atoms with Crippen LogP contribution in [0.4, 0.5) is 14.5 Å². The molecule has 1 aliphatic rings. The van der Waals surface area contributed by atoms with Crippen molar-refractivity contribution in [2.24, 2.45) is 7.05 Å². The average molecular weight is 624 g/mol. The van der Waals surface area contributed by atoms with Gasteiger partial charge >= 0.3 is 0 Å². The maximum atomic E-state index is 14.3. The van der Waals surface area contributed by atoms with E-state index >= 15 is 0 Å². The molecular weight excluding hydrogens is 592 g/mol. The number of carbonyl (C=O) groups excluding carboxylic acids is 1. The molecule has 0 radical (unpaired) electrons. The van der Waals surface area contributed by atoms with Gasteiger partial charge in [-0.3, -0.25) is 29.3 Å². The minimum Gasteiger partial charge on any atom is -0.338 e. The van der Waals surface area contributed by atoms with E-state index in [-0.39, 0.29) is 17.3 Å². The number of aromatic nitrogens is 2. The number of nitro benzene ring substituents is 1. The third-order valence-corrected chi connectivity index (χ3v) is 8.64. The highest BCUT2D eigenvalue weighted by Gasteiger charge is 2.31. The van der Waals surface area contributed by atoms with Gasteiger partial charge in [0.2, 0.25) is 0 Å². The highest BCUT2D eigenvalue weighted by molar-refractivity contribution is 6.30. The van der Waals surface area contributed by atoms with Crippen LogP contribution in [-0.4, -0.2) is 55.7 Å². The first-order valence-electron chi connectivity index (χ1n) is 14.3. The molecule has 0 unspecified atom stereocenters. The van der Waals surface area contributed by atoms with Crippen molar-refractivity contribution in [1.29, 1.82) is 0 Å². The fourth-order valence-electron chi connectivity index (χ4n) is 5.76. The van der Waals surface area contributed by atoms with E-state index < -0.39 is 28.0 Å². The van der Waals surface area contributed by atoms with Gasteiger partial charge in [0.15, 0.2) is 0 Å². The minimum absolute atomic E-state index is 0.00338. The first kappa shape index (κ1) is 31.1. The number of rotatable bonds is 9. The molecule has 0 saturated carbocycles. The molecule has 5 rings (SSSR count). The van der Waals surface area contributed by atoms with Crippen molar-refractivity contribution in [2.75, 3.05) is 19.6 Å². The summed E-state index contributed by atoms with van der Waals surface area (Å²) in [5.41, 5.74) is 2.10. The van der Waals surface area contributed by atoms with E-state index in [1.54, 1.807) is 23.9 Å². The van der Waals surface area contributed by atoms with Crippen LogP contribution in [0.25, 0.3) is 5.69 Å². The topological polar surface area (TPSA) is 93.6 Å². The molecule has 1 fully saturated rings. The van der Waals surface area contributed by atoms with Crippen LogP contribution in [0.1, 0.15) is 40.0 Å². The lowest BCUT2D eigenvalue weighted by atomic mass is 10.00. The summed E-state index contributed by atoms with van der Waals surface area (Å²) in [5, 5.41) is 11.8. The van der Waals surface area contributed by atoms with E-state index in [0.717, 1.165) is 23.4 Å². The van der Waals surface area contributed by atoms with Crippen LogP contribution in [0.3, 0.4) is 0 Å². The van der Waals surface area contributed by atoms with Crippen molar-refractivity contribution in [1.82, 2.24) is 19.2 Å². The number of amides is 1. The number of non-ortho nitro benzene ring substituents is 1. The Bertz CT molecular complexity index is 1710. The molecule has 1 aliphatic heterocycles. The maximum absolute atomic E-state index is 14.3. The van der Waals surface area contributed by atoms with Crippen LogP contribution >= 0.6 is 11.6 Å². The summed E-state index contributed by atoms with van der Waals surface area (Å²) in [6.45, 7) is 3.45. The molecule has 0 atom stereocenters. The molecule has 2 heterocycles. The average Bonchev–Trinajstić information content (AvgIpc) is 3.22. The van der Waals surface area contributed by atoms with E-state index in [0.29, 0.717) is 61.7 Å². The van der Waals surface area contributed by atoms with Crippen LogP contribution in [0.5, 0.6) is 0 Å². The molecule has 0 aliphatic carbocycles. The Labute approximate surface area is 258 Å². The van der Waals surface area contributed by atoms with Crippen molar-refractivity contribution < 1.29 is 18.5 Å². The maximum Gasteiger partial charge on any atom is 0.276 e. The van der Waals surface area contributed by atoms with Crippen LogP contribution in [-0.2, 0) is 20.0 Å². The summed E-state index contributed by atoms with van der Waals surface area (Å²) >= 11 is 6.07. The summed E-state index contributed by atoms with van der Waals surface area (Å²) in [5.74, 6) is -2.44. The lowest BCUT2D eigenvalue weighted by Crippen LogP contribution is -2.47. The minimum atomic E-state index is -0.884. The van der Waals surface area contributed by atoms with Crippen molar-refractivity contribution in [3.05, 3.63) is 126 Å². The fourth-order valence-corrected chi connectivity index (χ4v) is 5.89. The Morgan fingerprint density at radius 2 is 1.64 bits per heavy atom. The molecular formula is C32H32ClF2N5O4. The highest BCUT2D eigenvalue weighted by atomic mass is 35.5. The van der Waals surface area contributed by atoms with Gasteiger partial charge in [-0.05, 0) is 68.1 Å². The SMILES string of the molecule is Cc1c(CN(CCc2ccc(Cl)cc2)C2CCN(C(=O)c3c(F)cccc3F)CC2)c(=O)n(-c2ccc([N+](=O)[O-])cc2)n1C. The number of nitrogens with zero attached hydrogens (tertiary/aromatic N) is 5. The predicted octanol–water partition coefficient (Wildman–Crippen LogP) is 5.67. The number of hydrogen-bond acceptors (Lipinski definition) is 5. The number of benzene rings is 3. The Balaban J connectivity index is 1.39. The van der Waals surface area contributed by atoms with Gasteiger partial charge in [-0.15, -0.1) is 0 Å². The summed E-state index contributed by atoms with van der Waals surface area (Å²) < 4.78 is 31.9.